The van der Waals surface area contributed by atoms with Crippen molar-refractivity contribution in [2.75, 3.05) is 13.2 Å². The number of ether oxygens (including phenoxy) is 2. The monoisotopic (exact) mass is 152 g/mol. The van der Waals surface area contributed by atoms with Crippen molar-refractivity contribution in [3.63, 3.8) is 0 Å². The molecule has 1 saturated heterocycles. The third-order valence-electron chi connectivity index (χ3n) is 1.62. The summed E-state index contributed by atoms with van der Waals surface area (Å²) in [5.74, 6) is 0.764. The molecular formula is C7H9BO3. The molecule has 11 heavy (non-hydrogen) atoms. The van der Waals surface area contributed by atoms with Crippen LogP contribution in [0.5, 0.6) is 0 Å². The molecule has 58 valence electrons. The van der Waals surface area contributed by atoms with Crippen molar-refractivity contribution in [3.05, 3.63) is 17.9 Å². The number of furan rings is 1. The highest BCUT2D eigenvalue weighted by Crippen LogP contribution is 2.21. The van der Waals surface area contributed by atoms with E-state index >= 15 is 0 Å². The van der Waals surface area contributed by atoms with E-state index in [1.54, 1.807) is 0 Å². The first-order chi connectivity index (χ1) is 5.36. The van der Waals surface area contributed by atoms with E-state index in [1.807, 2.05) is 20.0 Å². The van der Waals surface area contributed by atoms with Crippen LogP contribution in [0.2, 0.25) is 0 Å². The highest BCUT2D eigenvalue weighted by Gasteiger charge is 2.20. The second kappa shape index (κ2) is 2.72. The Morgan fingerprint density at radius 3 is 2.55 bits per heavy atom. The van der Waals surface area contributed by atoms with Crippen LogP contribution >= 0.6 is 0 Å². The Morgan fingerprint density at radius 1 is 1.27 bits per heavy atom. The number of hydrogen-bond acceptors (Lipinski definition) is 3. The fourth-order valence-electron chi connectivity index (χ4n) is 1.10. The molecule has 0 aliphatic carbocycles. The van der Waals surface area contributed by atoms with Gasteiger partial charge in [0.2, 0.25) is 6.29 Å². The van der Waals surface area contributed by atoms with Crippen LogP contribution in [0.4, 0.5) is 0 Å². The van der Waals surface area contributed by atoms with Gasteiger partial charge in [0.1, 0.15) is 0 Å². The molecule has 1 aliphatic rings. The molecule has 0 bridgehead atoms. The fraction of sp³-hybridized carbons (Fsp3) is 0.429. The molecule has 0 aromatic carbocycles. The Labute approximate surface area is 65.7 Å². The van der Waals surface area contributed by atoms with E-state index in [2.05, 4.69) is 0 Å². The summed E-state index contributed by atoms with van der Waals surface area (Å²) < 4.78 is 15.8. The Kier molecular flexibility index (Phi) is 1.71. The SMILES string of the molecule is Bc1ccc(C2OCCO2)o1. The molecule has 4 heteroatoms. The van der Waals surface area contributed by atoms with E-state index in [0.717, 1.165) is 11.4 Å². The molecule has 1 aliphatic heterocycles. The van der Waals surface area contributed by atoms with Gasteiger partial charge in [-0.1, -0.05) is 0 Å². The molecule has 3 nitrogen and oxygen atoms in total. The van der Waals surface area contributed by atoms with Gasteiger partial charge in [0.15, 0.2) is 13.6 Å². The topological polar surface area (TPSA) is 31.6 Å². The molecule has 0 radical (unpaired) electrons. The van der Waals surface area contributed by atoms with Crippen LogP contribution in [0.1, 0.15) is 12.1 Å². The van der Waals surface area contributed by atoms with Gasteiger partial charge in [-0.05, 0) is 12.1 Å². The average molecular weight is 152 g/mol. The smallest absolute Gasteiger partial charge is 0.217 e. The third-order valence-corrected chi connectivity index (χ3v) is 1.62. The van der Waals surface area contributed by atoms with Gasteiger partial charge in [0.25, 0.3) is 0 Å². The molecule has 1 aromatic heterocycles. The van der Waals surface area contributed by atoms with E-state index in [9.17, 15) is 0 Å². The fourth-order valence-corrected chi connectivity index (χ4v) is 1.10. The summed E-state index contributed by atoms with van der Waals surface area (Å²) in [4.78, 5) is 0. The van der Waals surface area contributed by atoms with Crippen LogP contribution in [0, 0.1) is 0 Å². The Balaban J connectivity index is 2.15. The minimum Gasteiger partial charge on any atom is -0.472 e. The third kappa shape index (κ3) is 1.32. The predicted octanol–water partition coefficient (Wildman–Crippen LogP) is -0.417. The van der Waals surface area contributed by atoms with Crippen LogP contribution < -0.4 is 5.66 Å². The van der Waals surface area contributed by atoms with Gasteiger partial charge >= 0.3 is 0 Å². The van der Waals surface area contributed by atoms with E-state index in [4.69, 9.17) is 13.9 Å². The normalized spacial score (nSPS) is 19.3. The van der Waals surface area contributed by atoms with Crippen molar-refractivity contribution in [1.82, 2.24) is 0 Å². The molecule has 0 atom stereocenters. The van der Waals surface area contributed by atoms with Crippen LogP contribution in [-0.4, -0.2) is 21.1 Å². The van der Waals surface area contributed by atoms with Crippen LogP contribution in [0.15, 0.2) is 16.5 Å². The van der Waals surface area contributed by atoms with Gasteiger partial charge in [0.05, 0.1) is 18.9 Å². The lowest BCUT2D eigenvalue weighted by Gasteiger charge is -2.03. The Bertz CT molecular complexity index is 240. The number of hydrogen-bond donors (Lipinski definition) is 0. The zero-order valence-electron chi connectivity index (χ0n) is 6.37. The maximum atomic E-state index is 5.32. The Morgan fingerprint density at radius 2 is 2.00 bits per heavy atom. The van der Waals surface area contributed by atoms with Crippen molar-refractivity contribution < 1.29 is 13.9 Å². The van der Waals surface area contributed by atoms with Crippen LogP contribution in [0.3, 0.4) is 0 Å². The highest BCUT2D eigenvalue weighted by molar-refractivity contribution is 6.29. The van der Waals surface area contributed by atoms with Gasteiger partial charge < -0.3 is 13.9 Å². The van der Waals surface area contributed by atoms with Crippen molar-refractivity contribution in [2.45, 2.75) is 6.29 Å². The van der Waals surface area contributed by atoms with Crippen LogP contribution in [-0.2, 0) is 9.47 Å². The van der Waals surface area contributed by atoms with Gasteiger partial charge in [0, 0.05) is 0 Å². The molecule has 0 N–H and O–H groups in total. The van der Waals surface area contributed by atoms with Crippen molar-refractivity contribution in [2.24, 2.45) is 0 Å². The van der Waals surface area contributed by atoms with Gasteiger partial charge in [-0.2, -0.15) is 0 Å². The maximum Gasteiger partial charge on any atom is 0.217 e. The predicted molar refractivity (Wildman–Crippen MR) is 41.5 cm³/mol. The molecule has 1 fully saturated rings. The van der Waals surface area contributed by atoms with E-state index < -0.39 is 0 Å². The molecule has 1 aromatic rings. The van der Waals surface area contributed by atoms with Gasteiger partial charge in [-0.25, -0.2) is 0 Å². The standard InChI is InChI=1S/C7H9BO3/c8-6-2-1-5(11-6)7-9-3-4-10-7/h1-2,7H,3-4,8H2. The molecule has 0 spiro atoms. The van der Waals surface area contributed by atoms with Crippen LogP contribution in [0.25, 0.3) is 0 Å². The summed E-state index contributed by atoms with van der Waals surface area (Å²) in [6.07, 6.45) is -0.274. The second-order valence-corrected chi connectivity index (χ2v) is 2.52. The lowest BCUT2D eigenvalue weighted by atomic mass is 10.1. The number of rotatable bonds is 1. The van der Waals surface area contributed by atoms with Gasteiger partial charge in [-0.15, -0.1) is 0 Å². The summed E-state index contributed by atoms with van der Waals surface area (Å²) in [6, 6.07) is 3.78. The zero-order chi connectivity index (χ0) is 7.68. The quantitative estimate of drug-likeness (QED) is 0.512. The summed E-state index contributed by atoms with van der Waals surface area (Å²) in [6.45, 7) is 1.31. The van der Waals surface area contributed by atoms with E-state index in [1.165, 1.54) is 0 Å². The molecular weight excluding hydrogens is 143 g/mol. The summed E-state index contributed by atoms with van der Waals surface area (Å²) in [5.41, 5.74) is 0.888. The van der Waals surface area contributed by atoms with E-state index in [0.29, 0.717) is 13.2 Å². The first kappa shape index (κ1) is 6.94. The molecule has 0 saturated carbocycles. The summed E-state index contributed by atoms with van der Waals surface area (Å²) in [7, 11) is 1.90. The summed E-state index contributed by atoms with van der Waals surface area (Å²) in [5, 5.41) is 0. The van der Waals surface area contributed by atoms with Gasteiger partial charge in [-0.3, -0.25) is 0 Å². The highest BCUT2D eigenvalue weighted by atomic mass is 16.7. The minimum atomic E-state index is -0.274. The maximum absolute atomic E-state index is 5.32. The van der Waals surface area contributed by atoms with Crippen molar-refractivity contribution >= 4 is 13.5 Å². The first-order valence-corrected chi connectivity index (χ1v) is 3.66. The molecule has 0 amide bonds. The lowest BCUT2D eigenvalue weighted by molar-refractivity contribution is -0.0582. The Hall–Kier alpha value is -0.735. The minimum absolute atomic E-state index is 0.274. The molecule has 2 heterocycles. The van der Waals surface area contributed by atoms with Crippen molar-refractivity contribution in [1.29, 1.82) is 0 Å². The molecule has 0 unspecified atom stereocenters. The molecule has 2 rings (SSSR count). The summed E-state index contributed by atoms with van der Waals surface area (Å²) >= 11 is 0. The lowest BCUT2D eigenvalue weighted by Crippen LogP contribution is -1.98. The van der Waals surface area contributed by atoms with Crippen molar-refractivity contribution in [3.8, 4) is 0 Å². The second-order valence-electron chi connectivity index (χ2n) is 2.52. The average Bonchev–Trinajstić information content (AvgIpc) is 2.55. The van der Waals surface area contributed by atoms with E-state index in [-0.39, 0.29) is 6.29 Å². The first-order valence-electron chi connectivity index (χ1n) is 3.66. The largest absolute Gasteiger partial charge is 0.472 e. The zero-order valence-corrected chi connectivity index (χ0v) is 6.37.